The molecule has 2 aliphatic rings. The minimum atomic E-state index is 0.491. The van der Waals surface area contributed by atoms with E-state index in [1.54, 1.807) is 0 Å². The van der Waals surface area contributed by atoms with E-state index in [4.69, 9.17) is 0 Å². The van der Waals surface area contributed by atoms with Gasteiger partial charge in [-0.3, -0.25) is 9.69 Å². The van der Waals surface area contributed by atoms with Gasteiger partial charge >= 0.3 is 0 Å². The second kappa shape index (κ2) is 4.61. The highest BCUT2D eigenvalue weighted by Crippen LogP contribution is 2.33. The lowest BCUT2D eigenvalue weighted by molar-refractivity contribution is -0.125. The standard InChI is InChI=1S/C15H19NO/c17-15-7-13-6-14(8-15)11-16(10-13)9-12-4-2-1-3-5-12/h1-5,13-14H,6-11H2/t13-,14+. The summed E-state index contributed by atoms with van der Waals surface area (Å²) < 4.78 is 0. The summed E-state index contributed by atoms with van der Waals surface area (Å²) in [6.45, 7) is 3.26. The van der Waals surface area contributed by atoms with Crippen molar-refractivity contribution in [1.82, 2.24) is 4.90 Å². The molecule has 1 aromatic carbocycles. The van der Waals surface area contributed by atoms with Crippen LogP contribution >= 0.6 is 0 Å². The summed E-state index contributed by atoms with van der Waals surface area (Å²) >= 11 is 0. The quantitative estimate of drug-likeness (QED) is 0.776. The Morgan fingerprint density at radius 1 is 1.06 bits per heavy atom. The topological polar surface area (TPSA) is 20.3 Å². The number of fused-ring (bicyclic) bond motifs is 2. The minimum Gasteiger partial charge on any atom is -0.300 e. The first-order valence-electron chi connectivity index (χ1n) is 6.57. The van der Waals surface area contributed by atoms with E-state index in [1.807, 2.05) is 0 Å². The lowest BCUT2D eigenvalue weighted by atomic mass is 9.77. The fourth-order valence-corrected chi connectivity index (χ4v) is 3.42. The Hall–Kier alpha value is -1.15. The first-order chi connectivity index (χ1) is 8.29. The summed E-state index contributed by atoms with van der Waals surface area (Å²) in [6, 6.07) is 10.6. The van der Waals surface area contributed by atoms with Crippen molar-refractivity contribution in [1.29, 1.82) is 0 Å². The minimum absolute atomic E-state index is 0.491. The largest absolute Gasteiger partial charge is 0.300 e. The summed E-state index contributed by atoms with van der Waals surface area (Å²) in [5.41, 5.74) is 1.39. The number of nitrogens with zero attached hydrogens (tertiary/aromatic N) is 1. The summed E-state index contributed by atoms with van der Waals surface area (Å²) in [7, 11) is 0. The van der Waals surface area contributed by atoms with Crippen LogP contribution in [0.3, 0.4) is 0 Å². The van der Waals surface area contributed by atoms with Crippen LogP contribution < -0.4 is 0 Å². The van der Waals surface area contributed by atoms with Gasteiger partial charge < -0.3 is 0 Å². The number of rotatable bonds is 2. The maximum Gasteiger partial charge on any atom is 0.133 e. The predicted molar refractivity (Wildman–Crippen MR) is 67.6 cm³/mol. The first-order valence-corrected chi connectivity index (χ1v) is 6.57. The van der Waals surface area contributed by atoms with Gasteiger partial charge in [0, 0.05) is 32.5 Å². The SMILES string of the molecule is O=C1C[C@@H]2C[C@H](C1)CN(Cc1ccccc1)C2. The van der Waals surface area contributed by atoms with Gasteiger partial charge in [0.05, 0.1) is 0 Å². The zero-order valence-electron chi connectivity index (χ0n) is 10.1. The van der Waals surface area contributed by atoms with Gasteiger partial charge in [-0.1, -0.05) is 30.3 Å². The molecule has 1 saturated carbocycles. The number of hydrogen-bond acceptors (Lipinski definition) is 2. The fraction of sp³-hybridized carbons (Fsp3) is 0.533. The second-order valence-corrected chi connectivity index (χ2v) is 5.59. The molecule has 0 amide bonds. The molecule has 90 valence electrons. The van der Waals surface area contributed by atoms with Crippen LogP contribution in [0.1, 0.15) is 24.8 Å². The first kappa shape index (κ1) is 11.0. The van der Waals surface area contributed by atoms with E-state index in [9.17, 15) is 4.79 Å². The van der Waals surface area contributed by atoms with Crippen LogP contribution in [0.25, 0.3) is 0 Å². The van der Waals surface area contributed by atoms with Crippen molar-refractivity contribution in [3.8, 4) is 0 Å². The Bertz CT molecular complexity index is 385. The predicted octanol–water partition coefficient (Wildman–Crippen LogP) is 2.49. The molecule has 0 radical (unpaired) electrons. The van der Waals surface area contributed by atoms with Gasteiger partial charge in [-0.05, 0) is 23.8 Å². The highest BCUT2D eigenvalue weighted by atomic mass is 16.1. The Balaban J connectivity index is 1.65. The van der Waals surface area contributed by atoms with Gasteiger partial charge in [0.25, 0.3) is 0 Å². The molecule has 0 spiro atoms. The number of carbonyl (C=O) groups excluding carboxylic acids is 1. The fourth-order valence-electron chi connectivity index (χ4n) is 3.42. The molecule has 2 atom stereocenters. The molecule has 1 aliphatic carbocycles. The number of likely N-dealkylation sites (tertiary alicyclic amines) is 1. The van der Waals surface area contributed by atoms with Crippen LogP contribution in [0.15, 0.2) is 30.3 Å². The molecule has 0 N–H and O–H groups in total. The summed E-state index contributed by atoms with van der Waals surface area (Å²) in [5, 5.41) is 0. The second-order valence-electron chi connectivity index (χ2n) is 5.59. The Kier molecular flexibility index (Phi) is 2.98. The third-order valence-corrected chi connectivity index (χ3v) is 3.98. The molecule has 0 aromatic heterocycles. The zero-order valence-corrected chi connectivity index (χ0v) is 10.1. The summed E-state index contributed by atoms with van der Waals surface area (Å²) in [5.74, 6) is 1.74. The van der Waals surface area contributed by atoms with Crippen molar-refractivity contribution in [3.63, 3.8) is 0 Å². The van der Waals surface area contributed by atoms with Gasteiger partial charge in [-0.2, -0.15) is 0 Å². The molecule has 2 bridgehead atoms. The maximum absolute atomic E-state index is 11.5. The normalized spacial score (nSPS) is 29.3. The lowest BCUT2D eigenvalue weighted by Crippen LogP contribution is -2.44. The van der Waals surface area contributed by atoms with Crippen molar-refractivity contribution in [2.75, 3.05) is 13.1 Å². The molecular weight excluding hydrogens is 210 g/mol. The Labute approximate surface area is 103 Å². The zero-order chi connectivity index (χ0) is 11.7. The van der Waals surface area contributed by atoms with Crippen LogP contribution in [0.2, 0.25) is 0 Å². The monoisotopic (exact) mass is 229 g/mol. The molecule has 2 fully saturated rings. The van der Waals surface area contributed by atoms with Crippen molar-refractivity contribution in [2.24, 2.45) is 11.8 Å². The number of carbonyl (C=O) groups is 1. The van der Waals surface area contributed by atoms with E-state index >= 15 is 0 Å². The van der Waals surface area contributed by atoms with Gasteiger partial charge in [-0.25, -0.2) is 0 Å². The van der Waals surface area contributed by atoms with Crippen molar-refractivity contribution in [2.45, 2.75) is 25.8 Å². The molecular formula is C15H19NO. The average molecular weight is 229 g/mol. The van der Waals surface area contributed by atoms with E-state index in [2.05, 4.69) is 35.2 Å². The Morgan fingerprint density at radius 3 is 2.35 bits per heavy atom. The van der Waals surface area contributed by atoms with Crippen LogP contribution in [-0.4, -0.2) is 23.8 Å². The van der Waals surface area contributed by atoms with Gasteiger partial charge in [0.2, 0.25) is 0 Å². The molecule has 17 heavy (non-hydrogen) atoms. The van der Waals surface area contributed by atoms with E-state index in [0.717, 1.165) is 32.5 Å². The highest BCUT2D eigenvalue weighted by molar-refractivity contribution is 5.79. The molecule has 2 nitrogen and oxygen atoms in total. The number of benzene rings is 1. The number of piperidine rings is 1. The van der Waals surface area contributed by atoms with E-state index in [0.29, 0.717) is 17.6 Å². The van der Waals surface area contributed by atoms with Crippen LogP contribution in [0, 0.1) is 11.8 Å². The third kappa shape index (κ3) is 2.58. The molecule has 0 unspecified atom stereocenters. The average Bonchev–Trinajstić information content (AvgIpc) is 2.28. The van der Waals surface area contributed by atoms with Crippen LogP contribution in [0.4, 0.5) is 0 Å². The molecule has 1 heterocycles. The number of ketones is 1. The molecule has 1 aliphatic heterocycles. The molecule has 3 rings (SSSR count). The van der Waals surface area contributed by atoms with E-state index < -0.39 is 0 Å². The molecule has 1 saturated heterocycles. The van der Waals surface area contributed by atoms with Crippen LogP contribution in [-0.2, 0) is 11.3 Å². The smallest absolute Gasteiger partial charge is 0.133 e. The number of Topliss-reactive ketones (excluding diaryl/α,β-unsaturated/α-hetero) is 1. The molecule has 1 aromatic rings. The van der Waals surface area contributed by atoms with Gasteiger partial charge in [-0.15, -0.1) is 0 Å². The van der Waals surface area contributed by atoms with Crippen LogP contribution in [0.5, 0.6) is 0 Å². The number of hydrogen-bond donors (Lipinski definition) is 0. The van der Waals surface area contributed by atoms with E-state index in [1.165, 1.54) is 12.0 Å². The lowest BCUT2D eigenvalue weighted by Gasteiger charge is -2.40. The highest BCUT2D eigenvalue weighted by Gasteiger charge is 2.33. The summed E-state index contributed by atoms with van der Waals surface area (Å²) in [4.78, 5) is 14.1. The summed E-state index contributed by atoms with van der Waals surface area (Å²) in [6.07, 6.45) is 2.92. The van der Waals surface area contributed by atoms with Crippen molar-refractivity contribution in [3.05, 3.63) is 35.9 Å². The molecule has 2 heteroatoms. The Morgan fingerprint density at radius 2 is 1.71 bits per heavy atom. The van der Waals surface area contributed by atoms with E-state index in [-0.39, 0.29) is 0 Å². The maximum atomic E-state index is 11.5. The van der Waals surface area contributed by atoms with Crippen molar-refractivity contribution >= 4 is 5.78 Å². The van der Waals surface area contributed by atoms with Crippen molar-refractivity contribution < 1.29 is 4.79 Å². The van der Waals surface area contributed by atoms with Gasteiger partial charge in [0.1, 0.15) is 5.78 Å². The third-order valence-electron chi connectivity index (χ3n) is 3.98. The van der Waals surface area contributed by atoms with Gasteiger partial charge in [0.15, 0.2) is 0 Å².